The highest BCUT2D eigenvalue weighted by Crippen LogP contribution is 2.41. The molecule has 2 saturated carbocycles. The van der Waals surface area contributed by atoms with E-state index in [4.69, 9.17) is 15.2 Å². The minimum atomic E-state index is 0.107. The molecule has 0 heterocycles. The Morgan fingerprint density at radius 2 is 1.88 bits per heavy atom. The summed E-state index contributed by atoms with van der Waals surface area (Å²) in [6, 6.07) is 0.166. The van der Waals surface area contributed by atoms with E-state index in [0.29, 0.717) is 11.5 Å². The standard InChI is InChI=1S/C14H27NO2/c1-9-5-10(8-14(2,3)7-9)17-12-6-11(15)13(12)16-4/h9-13H,5-8,15H2,1-4H3. The molecule has 0 aromatic rings. The zero-order valence-electron chi connectivity index (χ0n) is 11.6. The second-order valence-electron chi connectivity index (χ2n) is 6.81. The maximum absolute atomic E-state index is 6.20. The first-order valence-corrected chi connectivity index (χ1v) is 6.85. The van der Waals surface area contributed by atoms with E-state index >= 15 is 0 Å². The van der Waals surface area contributed by atoms with E-state index in [-0.39, 0.29) is 18.2 Å². The molecule has 0 aromatic carbocycles. The third-order valence-corrected chi connectivity index (χ3v) is 4.28. The van der Waals surface area contributed by atoms with E-state index in [2.05, 4.69) is 20.8 Å². The fraction of sp³-hybridized carbons (Fsp3) is 1.00. The third-order valence-electron chi connectivity index (χ3n) is 4.28. The van der Waals surface area contributed by atoms with Crippen LogP contribution in [0.3, 0.4) is 0 Å². The van der Waals surface area contributed by atoms with Crippen LogP contribution in [0.25, 0.3) is 0 Å². The predicted octanol–water partition coefficient (Wildman–Crippen LogP) is 2.33. The van der Waals surface area contributed by atoms with E-state index < -0.39 is 0 Å². The number of ether oxygens (including phenoxy) is 2. The molecule has 2 aliphatic carbocycles. The van der Waals surface area contributed by atoms with Gasteiger partial charge in [-0.3, -0.25) is 0 Å². The van der Waals surface area contributed by atoms with Gasteiger partial charge in [0.05, 0.1) is 18.3 Å². The summed E-state index contributed by atoms with van der Waals surface area (Å²) in [6.45, 7) is 7.02. The first-order chi connectivity index (χ1) is 7.91. The van der Waals surface area contributed by atoms with Crippen molar-refractivity contribution in [2.75, 3.05) is 7.11 Å². The van der Waals surface area contributed by atoms with Crippen LogP contribution in [0.2, 0.25) is 0 Å². The summed E-state index contributed by atoms with van der Waals surface area (Å²) in [5.74, 6) is 0.762. The van der Waals surface area contributed by atoms with Crippen LogP contribution in [0.1, 0.15) is 46.5 Å². The maximum Gasteiger partial charge on any atom is 0.0984 e. The molecule has 0 aromatic heterocycles. The Balaban J connectivity index is 1.87. The van der Waals surface area contributed by atoms with Crippen molar-refractivity contribution in [3.05, 3.63) is 0 Å². The van der Waals surface area contributed by atoms with Crippen LogP contribution >= 0.6 is 0 Å². The first-order valence-electron chi connectivity index (χ1n) is 6.85. The van der Waals surface area contributed by atoms with Gasteiger partial charge in [-0.1, -0.05) is 20.8 Å². The molecule has 0 spiro atoms. The Bertz CT molecular complexity index is 267. The Kier molecular flexibility index (Phi) is 3.81. The molecule has 2 N–H and O–H groups in total. The van der Waals surface area contributed by atoms with Crippen molar-refractivity contribution < 1.29 is 9.47 Å². The van der Waals surface area contributed by atoms with Crippen LogP contribution in [-0.4, -0.2) is 31.5 Å². The highest BCUT2D eigenvalue weighted by atomic mass is 16.5. The number of hydrogen-bond donors (Lipinski definition) is 1. The molecule has 0 saturated heterocycles. The first kappa shape index (κ1) is 13.3. The largest absolute Gasteiger partial charge is 0.377 e. The predicted molar refractivity (Wildman–Crippen MR) is 68.8 cm³/mol. The summed E-state index contributed by atoms with van der Waals surface area (Å²) in [4.78, 5) is 0. The molecule has 3 heteroatoms. The van der Waals surface area contributed by atoms with Gasteiger partial charge in [0, 0.05) is 13.2 Å². The average Bonchev–Trinajstić information content (AvgIpc) is 2.13. The summed E-state index contributed by atoms with van der Waals surface area (Å²) in [5.41, 5.74) is 6.32. The highest BCUT2D eigenvalue weighted by Gasteiger charge is 2.43. The van der Waals surface area contributed by atoms with E-state index in [1.54, 1.807) is 7.11 Å². The van der Waals surface area contributed by atoms with E-state index in [0.717, 1.165) is 12.3 Å². The van der Waals surface area contributed by atoms with Gasteiger partial charge in [0.25, 0.3) is 0 Å². The van der Waals surface area contributed by atoms with Crippen LogP contribution in [0.15, 0.2) is 0 Å². The molecular formula is C14H27NO2. The minimum absolute atomic E-state index is 0.107. The van der Waals surface area contributed by atoms with Crippen LogP contribution in [-0.2, 0) is 9.47 Å². The summed E-state index contributed by atoms with van der Waals surface area (Å²) in [7, 11) is 1.73. The van der Waals surface area contributed by atoms with Gasteiger partial charge in [0.1, 0.15) is 0 Å². The van der Waals surface area contributed by atoms with Crippen molar-refractivity contribution >= 4 is 0 Å². The monoisotopic (exact) mass is 241 g/mol. The molecule has 3 nitrogen and oxygen atoms in total. The molecule has 2 fully saturated rings. The van der Waals surface area contributed by atoms with E-state index in [1.165, 1.54) is 19.3 Å². The Labute approximate surface area is 105 Å². The highest BCUT2D eigenvalue weighted by molar-refractivity contribution is 4.96. The second kappa shape index (κ2) is 4.87. The Hall–Kier alpha value is -0.120. The van der Waals surface area contributed by atoms with Crippen molar-refractivity contribution in [1.82, 2.24) is 0 Å². The lowest BCUT2D eigenvalue weighted by Crippen LogP contribution is -2.59. The van der Waals surface area contributed by atoms with Gasteiger partial charge in [-0.2, -0.15) is 0 Å². The van der Waals surface area contributed by atoms with Crippen LogP contribution in [0, 0.1) is 11.3 Å². The Morgan fingerprint density at radius 1 is 1.18 bits per heavy atom. The van der Waals surface area contributed by atoms with Crippen molar-refractivity contribution in [2.24, 2.45) is 17.1 Å². The number of hydrogen-bond acceptors (Lipinski definition) is 3. The van der Waals surface area contributed by atoms with Crippen LogP contribution in [0.5, 0.6) is 0 Å². The summed E-state index contributed by atoms with van der Waals surface area (Å²) in [5, 5.41) is 0. The van der Waals surface area contributed by atoms with Crippen molar-refractivity contribution in [2.45, 2.75) is 70.8 Å². The van der Waals surface area contributed by atoms with Gasteiger partial charge < -0.3 is 15.2 Å². The topological polar surface area (TPSA) is 44.5 Å². The lowest BCUT2D eigenvalue weighted by molar-refractivity contribution is -0.166. The zero-order chi connectivity index (χ0) is 12.6. The molecule has 5 atom stereocenters. The second-order valence-corrected chi connectivity index (χ2v) is 6.81. The molecule has 5 unspecified atom stereocenters. The summed E-state index contributed by atoms with van der Waals surface area (Å²) in [6.07, 6.45) is 5.33. The van der Waals surface area contributed by atoms with Gasteiger partial charge in [-0.05, 0) is 37.0 Å². The van der Waals surface area contributed by atoms with Crippen LogP contribution < -0.4 is 5.73 Å². The normalized spacial score (nSPS) is 45.4. The van der Waals surface area contributed by atoms with E-state index in [9.17, 15) is 0 Å². The SMILES string of the molecule is COC1C(N)CC1OC1CC(C)CC(C)(C)C1. The molecular weight excluding hydrogens is 214 g/mol. The van der Waals surface area contributed by atoms with Gasteiger partial charge >= 0.3 is 0 Å². The molecule has 2 aliphatic rings. The third kappa shape index (κ3) is 3.01. The van der Waals surface area contributed by atoms with Gasteiger partial charge in [0.2, 0.25) is 0 Å². The molecule has 2 rings (SSSR count). The summed E-state index contributed by atoms with van der Waals surface area (Å²) >= 11 is 0. The van der Waals surface area contributed by atoms with Crippen molar-refractivity contribution in [1.29, 1.82) is 0 Å². The number of rotatable bonds is 3. The van der Waals surface area contributed by atoms with Crippen molar-refractivity contribution in [3.8, 4) is 0 Å². The van der Waals surface area contributed by atoms with E-state index in [1.807, 2.05) is 0 Å². The van der Waals surface area contributed by atoms with Gasteiger partial charge in [-0.15, -0.1) is 0 Å². The zero-order valence-corrected chi connectivity index (χ0v) is 11.6. The molecule has 0 aliphatic heterocycles. The molecule has 17 heavy (non-hydrogen) atoms. The molecule has 0 bridgehead atoms. The summed E-state index contributed by atoms with van der Waals surface area (Å²) < 4.78 is 11.6. The van der Waals surface area contributed by atoms with Gasteiger partial charge in [-0.25, -0.2) is 0 Å². The number of methoxy groups -OCH3 is 1. The molecule has 0 amide bonds. The molecule has 100 valence electrons. The Morgan fingerprint density at radius 3 is 2.41 bits per heavy atom. The lowest BCUT2D eigenvalue weighted by Gasteiger charge is -2.46. The number of nitrogens with two attached hydrogens (primary N) is 1. The fourth-order valence-corrected chi connectivity index (χ4v) is 3.69. The maximum atomic E-state index is 6.20. The minimum Gasteiger partial charge on any atom is -0.377 e. The fourth-order valence-electron chi connectivity index (χ4n) is 3.69. The lowest BCUT2D eigenvalue weighted by atomic mass is 9.71. The quantitative estimate of drug-likeness (QED) is 0.825. The van der Waals surface area contributed by atoms with Crippen molar-refractivity contribution in [3.63, 3.8) is 0 Å². The van der Waals surface area contributed by atoms with Crippen LogP contribution in [0.4, 0.5) is 0 Å². The average molecular weight is 241 g/mol. The smallest absolute Gasteiger partial charge is 0.0984 e. The molecule has 0 radical (unpaired) electrons. The van der Waals surface area contributed by atoms with Gasteiger partial charge in [0.15, 0.2) is 0 Å².